The summed E-state index contributed by atoms with van der Waals surface area (Å²) in [6, 6.07) is 0. The minimum atomic E-state index is -0.605. The highest BCUT2D eigenvalue weighted by Gasteiger charge is 2.39. The van der Waals surface area contributed by atoms with Crippen molar-refractivity contribution < 1.29 is 14.3 Å². The molecule has 1 amide bonds. The Kier molecular flexibility index (Phi) is 2.73. The van der Waals surface area contributed by atoms with Crippen molar-refractivity contribution in [3.05, 3.63) is 0 Å². The van der Waals surface area contributed by atoms with Gasteiger partial charge in [0.25, 0.3) is 5.91 Å². The first kappa shape index (κ1) is 10.9. The van der Waals surface area contributed by atoms with E-state index in [4.69, 9.17) is 9.47 Å². The van der Waals surface area contributed by atoms with Gasteiger partial charge in [0.15, 0.2) is 11.9 Å². The Hall–Kier alpha value is -0.610. The van der Waals surface area contributed by atoms with Crippen LogP contribution in [0.3, 0.4) is 0 Å². The van der Waals surface area contributed by atoms with Crippen molar-refractivity contribution in [2.24, 2.45) is 5.92 Å². The monoisotopic (exact) mass is 213 g/mol. The molecular weight excluding hydrogens is 194 g/mol. The fourth-order valence-electron chi connectivity index (χ4n) is 2.15. The summed E-state index contributed by atoms with van der Waals surface area (Å²) in [4.78, 5) is 13.9. The van der Waals surface area contributed by atoms with E-state index >= 15 is 0 Å². The fraction of sp³-hybridized carbons (Fsp3) is 0.909. The molecule has 0 saturated carbocycles. The van der Waals surface area contributed by atoms with Crippen LogP contribution in [0.15, 0.2) is 0 Å². The van der Waals surface area contributed by atoms with Crippen LogP contribution < -0.4 is 0 Å². The first-order chi connectivity index (χ1) is 6.98. The van der Waals surface area contributed by atoms with Gasteiger partial charge in [0.1, 0.15) is 0 Å². The summed E-state index contributed by atoms with van der Waals surface area (Å²) < 4.78 is 10.9. The molecule has 2 heterocycles. The molecule has 2 saturated heterocycles. The SMILES string of the molecule is CC1CCN(C(=O)C2COC(C)(C)O2)C1. The van der Waals surface area contributed by atoms with E-state index in [1.54, 1.807) is 0 Å². The van der Waals surface area contributed by atoms with E-state index in [0.29, 0.717) is 12.5 Å². The molecule has 0 aromatic rings. The van der Waals surface area contributed by atoms with Crippen LogP contribution in [0.25, 0.3) is 0 Å². The van der Waals surface area contributed by atoms with Gasteiger partial charge in [-0.05, 0) is 26.2 Å². The van der Waals surface area contributed by atoms with E-state index < -0.39 is 11.9 Å². The molecule has 2 rings (SSSR count). The molecule has 0 spiro atoms. The highest BCUT2D eigenvalue weighted by Crippen LogP contribution is 2.25. The molecule has 2 aliphatic rings. The average Bonchev–Trinajstić information content (AvgIpc) is 2.71. The van der Waals surface area contributed by atoms with Gasteiger partial charge in [-0.15, -0.1) is 0 Å². The van der Waals surface area contributed by atoms with Crippen LogP contribution >= 0.6 is 0 Å². The van der Waals surface area contributed by atoms with Crippen LogP contribution in [0.2, 0.25) is 0 Å². The van der Waals surface area contributed by atoms with Crippen molar-refractivity contribution in [2.45, 2.75) is 39.1 Å². The topological polar surface area (TPSA) is 38.8 Å². The molecule has 0 aromatic carbocycles. The van der Waals surface area contributed by atoms with Gasteiger partial charge in [-0.2, -0.15) is 0 Å². The molecule has 0 aliphatic carbocycles. The molecule has 2 unspecified atom stereocenters. The van der Waals surface area contributed by atoms with E-state index in [0.717, 1.165) is 19.5 Å². The van der Waals surface area contributed by atoms with Gasteiger partial charge in [0.2, 0.25) is 0 Å². The summed E-state index contributed by atoms with van der Waals surface area (Å²) in [5.41, 5.74) is 0. The van der Waals surface area contributed by atoms with Crippen molar-refractivity contribution in [3.63, 3.8) is 0 Å². The van der Waals surface area contributed by atoms with Gasteiger partial charge in [-0.25, -0.2) is 0 Å². The second kappa shape index (κ2) is 3.76. The number of carbonyl (C=O) groups excluding carboxylic acids is 1. The number of amides is 1. The Balaban J connectivity index is 1.92. The van der Waals surface area contributed by atoms with E-state index in [1.165, 1.54) is 0 Å². The Morgan fingerprint density at radius 2 is 2.20 bits per heavy atom. The predicted molar refractivity (Wildman–Crippen MR) is 55.3 cm³/mol. The van der Waals surface area contributed by atoms with Gasteiger partial charge < -0.3 is 14.4 Å². The lowest BCUT2D eigenvalue weighted by atomic mass is 10.2. The van der Waals surface area contributed by atoms with Gasteiger partial charge in [0.05, 0.1) is 6.61 Å². The number of likely N-dealkylation sites (tertiary alicyclic amines) is 1. The van der Waals surface area contributed by atoms with Crippen LogP contribution in [-0.2, 0) is 14.3 Å². The molecule has 2 atom stereocenters. The van der Waals surface area contributed by atoms with Crippen molar-refractivity contribution in [1.29, 1.82) is 0 Å². The van der Waals surface area contributed by atoms with Crippen LogP contribution in [0.1, 0.15) is 27.2 Å². The zero-order chi connectivity index (χ0) is 11.1. The van der Waals surface area contributed by atoms with Crippen LogP contribution in [0, 0.1) is 5.92 Å². The fourth-order valence-corrected chi connectivity index (χ4v) is 2.15. The molecule has 2 aliphatic heterocycles. The second-order valence-electron chi connectivity index (χ2n) is 5.00. The second-order valence-corrected chi connectivity index (χ2v) is 5.00. The maximum Gasteiger partial charge on any atom is 0.254 e. The quantitative estimate of drug-likeness (QED) is 0.652. The van der Waals surface area contributed by atoms with Crippen molar-refractivity contribution >= 4 is 5.91 Å². The normalized spacial score (nSPS) is 34.7. The minimum Gasteiger partial charge on any atom is -0.347 e. The highest BCUT2D eigenvalue weighted by atomic mass is 16.7. The first-order valence-corrected chi connectivity index (χ1v) is 5.58. The van der Waals surface area contributed by atoms with Gasteiger partial charge in [0, 0.05) is 13.1 Å². The number of ether oxygens (including phenoxy) is 2. The summed E-state index contributed by atoms with van der Waals surface area (Å²) >= 11 is 0. The zero-order valence-corrected chi connectivity index (χ0v) is 9.66. The molecule has 15 heavy (non-hydrogen) atoms. The third-order valence-electron chi connectivity index (χ3n) is 3.02. The van der Waals surface area contributed by atoms with E-state index in [1.807, 2.05) is 18.7 Å². The number of rotatable bonds is 1. The molecule has 2 fully saturated rings. The summed E-state index contributed by atoms with van der Waals surface area (Å²) in [5, 5.41) is 0. The molecule has 86 valence electrons. The lowest BCUT2D eigenvalue weighted by molar-refractivity contribution is -0.159. The number of carbonyl (C=O) groups is 1. The molecule has 0 radical (unpaired) electrons. The Morgan fingerprint density at radius 1 is 1.47 bits per heavy atom. The minimum absolute atomic E-state index is 0.0879. The smallest absolute Gasteiger partial charge is 0.254 e. The third-order valence-corrected chi connectivity index (χ3v) is 3.02. The van der Waals surface area contributed by atoms with E-state index in [-0.39, 0.29) is 5.91 Å². The Bertz CT molecular complexity index is 265. The van der Waals surface area contributed by atoms with E-state index in [9.17, 15) is 4.79 Å². The zero-order valence-electron chi connectivity index (χ0n) is 9.66. The molecular formula is C11H19NO3. The lowest BCUT2D eigenvalue weighted by Crippen LogP contribution is -2.39. The maximum atomic E-state index is 12.0. The van der Waals surface area contributed by atoms with Crippen LogP contribution in [0.5, 0.6) is 0 Å². The maximum absolute atomic E-state index is 12.0. The summed E-state index contributed by atoms with van der Waals surface area (Å²) in [7, 11) is 0. The van der Waals surface area contributed by atoms with Gasteiger partial charge in [-0.1, -0.05) is 6.92 Å². The van der Waals surface area contributed by atoms with Crippen molar-refractivity contribution in [2.75, 3.05) is 19.7 Å². The van der Waals surface area contributed by atoms with Crippen molar-refractivity contribution in [3.8, 4) is 0 Å². The molecule has 4 heteroatoms. The summed E-state index contributed by atoms with van der Waals surface area (Å²) in [6.45, 7) is 7.96. The Labute approximate surface area is 90.5 Å². The largest absolute Gasteiger partial charge is 0.347 e. The van der Waals surface area contributed by atoms with Gasteiger partial charge in [-0.3, -0.25) is 4.79 Å². The standard InChI is InChI=1S/C11H19NO3/c1-8-4-5-12(6-8)10(13)9-7-14-11(2,3)15-9/h8-9H,4-7H2,1-3H3. The number of hydrogen-bond acceptors (Lipinski definition) is 3. The van der Waals surface area contributed by atoms with E-state index in [2.05, 4.69) is 6.92 Å². The lowest BCUT2D eigenvalue weighted by Gasteiger charge is -2.21. The third kappa shape index (κ3) is 2.32. The van der Waals surface area contributed by atoms with Crippen LogP contribution in [-0.4, -0.2) is 42.4 Å². The highest BCUT2D eigenvalue weighted by molar-refractivity contribution is 5.81. The summed E-state index contributed by atoms with van der Waals surface area (Å²) in [5.74, 6) is 0.0975. The van der Waals surface area contributed by atoms with Gasteiger partial charge >= 0.3 is 0 Å². The first-order valence-electron chi connectivity index (χ1n) is 5.58. The molecule has 0 bridgehead atoms. The van der Waals surface area contributed by atoms with Crippen LogP contribution in [0.4, 0.5) is 0 Å². The molecule has 0 aromatic heterocycles. The predicted octanol–water partition coefficient (Wildman–Crippen LogP) is 1.01. The summed E-state index contributed by atoms with van der Waals surface area (Å²) in [6.07, 6.45) is 0.702. The average molecular weight is 213 g/mol. The van der Waals surface area contributed by atoms with Crippen molar-refractivity contribution in [1.82, 2.24) is 4.90 Å². The number of hydrogen-bond donors (Lipinski definition) is 0. The molecule has 0 N–H and O–H groups in total. The Morgan fingerprint density at radius 3 is 2.67 bits per heavy atom. The molecule has 4 nitrogen and oxygen atoms in total. The number of nitrogens with zero attached hydrogens (tertiary/aromatic N) is 1.